The third-order valence-corrected chi connectivity index (χ3v) is 4.62. The van der Waals surface area contributed by atoms with Crippen molar-refractivity contribution in [3.05, 3.63) is 52.1 Å². The molecule has 9 nitrogen and oxygen atoms in total. The highest BCUT2D eigenvalue weighted by Gasteiger charge is 2.25. The summed E-state index contributed by atoms with van der Waals surface area (Å²) in [6, 6.07) is 9.18. The zero-order valence-electron chi connectivity index (χ0n) is 15.3. The number of primary amides is 1. The average molecular weight is 405 g/mol. The first kappa shape index (κ1) is 21.0. The Labute approximate surface area is 165 Å². The van der Waals surface area contributed by atoms with E-state index in [0.29, 0.717) is 17.2 Å². The Balaban J connectivity index is 2.40. The van der Waals surface area contributed by atoms with Crippen LogP contribution < -0.4 is 20.5 Å². The number of ether oxygens (including phenoxy) is 2. The van der Waals surface area contributed by atoms with E-state index in [1.54, 1.807) is 31.2 Å². The molecule has 0 heterocycles. The molecule has 28 heavy (non-hydrogen) atoms. The number of hydrogen-bond donors (Lipinski definition) is 2. The molecule has 10 heteroatoms. The SMILES string of the molecule is CCOc1cc(C(=O)Nc2ccccc2SCC(N)=O)c([N+](=O)[O-])cc1OC. The van der Waals surface area contributed by atoms with Gasteiger partial charge in [0.2, 0.25) is 5.91 Å². The zero-order valence-corrected chi connectivity index (χ0v) is 16.1. The molecule has 0 aromatic heterocycles. The second kappa shape index (κ2) is 9.60. The van der Waals surface area contributed by atoms with Gasteiger partial charge >= 0.3 is 0 Å². The third kappa shape index (κ3) is 5.13. The number of amides is 2. The number of carbonyl (C=O) groups is 2. The van der Waals surface area contributed by atoms with Gasteiger partial charge in [-0.25, -0.2) is 0 Å². The van der Waals surface area contributed by atoms with Crippen molar-refractivity contribution < 1.29 is 24.0 Å². The van der Waals surface area contributed by atoms with E-state index in [1.165, 1.54) is 13.2 Å². The van der Waals surface area contributed by atoms with E-state index >= 15 is 0 Å². The first-order chi connectivity index (χ1) is 13.4. The average Bonchev–Trinajstić information content (AvgIpc) is 2.66. The number of para-hydroxylation sites is 1. The van der Waals surface area contributed by atoms with E-state index in [-0.39, 0.29) is 22.8 Å². The normalized spacial score (nSPS) is 10.2. The van der Waals surface area contributed by atoms with Gasteiger partial charge in [-0.1, -0.05) is 12.1 Å². The number of thioether (sulfide) groups is 1. The number of nitrogens with two attached hydrogens (primary N) is 1. The Bertz CT molecular complexity index is 903. The lowest BCUT2D eigenvalue weighted by Gasteiger charge is -2.13. The van der Waals surface area contributed by atoms with Gasteiger partial charge in [0, 0.05) is 11.0 Å². The Morgan fingerprint density at radius 3 is 2.57 bits per heavy atom. The lowest BCUT2D eigenvalue weighted by molar-refractivity contribution is -0.385. The number of hydrogen-bond acceptors (Lipinski definition) is 7. The zero-order chi connectivity index (χ0) is 20.7. The lowest BCUT2D eigenvalue weighted by Crippen LogP contribution is -2.16. The van der Waals surface area contributed by atoms with E-state index in [0.717, 1.165) is 17.8 Å². The van der Waals surface area contributed by atoms with Crippen molar-refractivity contribution >= 4 is 35.0 Å². The van der Waals surface area contributed by atoms with E-state index in [1.807, 2.05) is 0 Å². The fraction of sp³-hybridized carbons (Fsp3) is 0.222. The molecule has 0 saturated carbocycles. The van der Waals surface area contributed by atoms with Crippen molar-refractivity contribution in [3.8, 4) is 11.5 Å². The van der Waals surface area contributed by atoms with Crippen molar-refractivity contribution in [2.24, 2.45) is 5.73 Å². The van der Waals surface area contributed by atoms with Crippen LogP contribution in [-0.2, 0) is 4.79 Å². The minimum absolute atomic E-state index is 0.0318. The van der Waals surface area contributed by atoms with Gasteiger partial charge in [-0.05, 0) is 19.1 Å². The summed E-state index contributed by atoms with van der Waals surface area (Å²) in [6.45, 7) is 2.04. The van der Waals surface area contributed by atoms with Gasteiger partial charge in [0.1, 0.15) is 5.56 Å². The van der Waals surface area contributed by atoms with Crippen molar-refractivity contribution in [1.29, 1.82) is 0 Å². The number of nitro benzene ring substituents is 1. The minimum Gasteiger partial charge on any atom is -0.493 e. The molecule has 0 fully saturated rings. The van der Waals surface area contributed by atoms with Gasteiger partial charge in [0.15, 0.2) is 11.5 Å². The van der Waals surface area contributed by atoms with E-state index in [4.69, 9.17) is 15.2 Å². The molecule has 148 valence electrons. The van der Waals surface area contributed by atoms with Gasteiger partial charge in [0.05, 0.1) is 36.1 Å². The topological polar surface area (TPSA) is 134 Å². The van der Waals surface area contributed by atoms with Crippen LogP contribution in [0, 0.1) is 10.1 Å². The first-order valence-corrected chi connectivity index (χ1v) is 9.16. The summed E-state index contributed by atoms with van der Waals surface area (Å²) in [7, 11) is 1.35. The van der Waals surface area contributed by atoms with Gasteiger partial charge in [-0.3, -0.25) is 19.7 Å². The summed E-state index contributed by atoms with van der Waals surface area (Å²) in [6.07, 6.45) is 0. The van der Waals surface area contributed by atoms with Crippen molar-refractivity contribution in [2.45, 2.75) is 11.8 Å². The maximum absolute atomic E-state index is 12.8. The summed E-state index contributed by atoms with van der Waals surface area (Å²) in [4.78, 5) is 35.2. The van der Waals surface area contributed by atoms with Crippen LogP contribution >= 0.6 is 11.8 Å². The predicted octanol–water partition coefficient (Wildman–Crippen LogP) is 2.83. The monoisotopic (exact) mass is 405 g/mol. The molecule has 2 rings (SSSR count). The Kier molecular flexibility index (Phi) is 7.21. The van der Waals surface area contributed by atoms with Crippen LogP contribution in [0.25, 0.3) is 0 Å². The van der Waals surface area contributed by atoms with Crippen molar-refractivity contribution in [3.63, 3.8) is 0 Å². The molecular weight excluding hydrogens is 386 g/mol. The standard InChI is InChI=1S/C18H19N3O6S/c1-3-27-15-8-11(13(21(24)25)9-14(15)26-2)18(23)20-12-6-4-5-7-16(12)28-10-17(19)22/h4-9H,3,10H2,1-2H3,(H2,19,22)(H,20,23). The Morgan fingerprint density at radius 2 is 1.96 bits per heavy atom. The van der Waals surface area contributed by atoms with Crippen LogP contribution in [0.2, 0.25) is 0 Å². The molecule has 0 radical (unpaired) electrons. The number of methoxy groups -OCH3 is 1. The highest BCUT2D eigenvalue weighted by atomic mass is 32.2. The molecular formula is C18H19N3O6S. The highest BCUT2D eigenvalue weighted by molar-refractivity contribution is 8.00. The number of rotatable bonds is 9. The molecule has 0 unspecified atom stereocenters. The number of anilines is 1. The molecule has 0 atom stereocenters. The number of nitrogens with zero attached hydrogens (tertiary/aromatic N) is 1. The van der Waals surface area contributed by atoms with Crippen LogP contribution in [0.1, 0.15) is 17.3 Å². The number of nitrogens with one attached hydrogen (secondary N) is 1. The highest BCUT2D eigenvalue weighted by Crippen LogP contribution is 2.35. The van der Waals surface area contributed by atoms with Crippen LogP contribution in [0.4, 0.5) is 11.4 Å². The van der Waals surface area contributed by atoms with Gasteiger partial charge in [-0.2, -0.15) is 0 Å². The maximum Gasteiger partial charge on any atom is 0.286 e. The Morgan fingerprint density at radius 1 is 1.25 bits per heavy atom. The maximum atomic E-state index is 12.8. The number of carbonyl (C=O) groups excluding carboxylic acids is 2. The molecule has 0 aliphatic heterocycles. The smallest absolute Gasteiger partial charge is 0.286 e. The molecule has 2 amide bonds. The lowest BCUT2D eigenvalue weighted by atomic mass is 10.1. The van der Waals surface area contributed by atoms with E-state index in [2.05, 4.69) is 5.32 Å². The summed E-state index contributed by atoms with van der Waals surface area (Å²) in [5.74, 6) is -0.787. The molecule has 0 saturated heterocycles. The molecule has 3 N–H and O–H groups in total. The first-order valence-electron chi connectivity index (χ1n) is 8.18. The second-order valence-corrected chi connectivity index (χ2v) is 6.43. The molecule has 0 spiro atoms. The Hall–Kier alpha value is -3.27. The van der Waals surface area contributed by atoms with Gasteiger partial charge in [0.25, 0.3) is 11.6 Å². The quantitative estimate of drug-likeness (QED) is 0.372. The second-order valence-electron chi connectivity index (χ2n) is 5.42. The third-order valence-electron chi connectivity index (χ3n) is 3.53. The van der Waals surface area contributed by atoms with Crippen molar-refractivity contribution in [1.82, 2.24) is 0 Å². The fourth-order valence-electron chi connectivity index (χ4n) is 2.34. The summed E-state index contributed by atoms with van der Waals surface area (Å²) >= 11 is 1.15. The molecule has 0 bridgehead atoms. The molecule has 0 aliphatic carbocycles. The minimum atomic E-state index is -0.692. The molecule has 2 aromatic carbocycles. The molecule has 0 aliphatic rings. The summed E-state index contributed by atoms with van der Waals surface area (Å²) in [5, 5.41) is 14.1. The largest absolute Gasteiger partial charge is 0.493 e. The van der Waals surface area contributed by atoms with Crippen LogP contribution in [0.15, 0.2) is 41.3 Å². The van der Waals surface area contributed by atoms with Crippen LogP contribution in [0.5, 0.6) is 11.5 Å². The van der Waals surface area contributed by atoms with E-state index < -0.39 is 22.4 Å². The fourth-order valence-corrected chi connectivity index (χ4v) is 3.09. The number of benzene rings is 2. The van der Waals surface area contributed by atoms with E-state index in [9.17, 15) is 19.7 Å². The predicted molar refractivity (Wildman–Crippen MR) is 105 cm³/mol. The van der Waals surface area contributed by atoms with Gasteiger partial charge in [-0.15, -0.1) is 11.8 Å². The molecule has 2 aromatic rings. The number of nitro groups is 1. The van der Waals surface area contributed by atoms with Gasteiger partial charge < -0.3 is 20.5 Å². The van der Waals surface area contributed by atoms with Crippen molar-refractivity contribution in [2.75, 3.05) is 24.8 Å². The summed E-state index contributed by atoms with van der Waals surface area (Å²) < 4.78 is 10.5. The van der Waals surface area contributed by atoms with Crippen LogP contribution in [-0.4, -0.2) is 36.2 Å². The van der Waals surface area contributed by atoms with Crippen LogP contribution in [0.3, 0.4) is 0 Å². The summed E-state index contributed by atoms with van der Waals surface area (Å²) in [5.41, 5.74) is 4.97.